The predicted octanol–water partition coefficient (Wildman–Crippen LogP) is 0.315. The Morgan fingerprint density at radius 2 is 2.28 bits per heavy atom. The summed E-state index contributed by atoms with van der Waals surface area (Å²) < 4.78 is 0. The average Bonchev–Trinajstić information content (AvgIpc) is 2.57. The first-order valence-corrected chi connectivity index (χ1v) is 6.13. The van der Waals surface area contributed by atoms with Crippen LogP contribution < -0.4 is 5.32 Å². The molecular formula is C12H18N4O2. The summed E-state index contributed by atoms with van der Waals surface area (Å²) in [6.07, 6.45) is 2.21. The highest BCUT2D eigenvalue weighted by Crippen LogP contribution is 2.20. The molecule has 2 rings (SSSR count). The van der Waals surface area contributed by atoms with Crippen molar-refractivity contribution in [3.05, 3.63) is 17.7 Å². The Bertz CT molecular complexity index is 450. The first kappa shape index (κ1) is 12.8. The van der Waals surface area contributed by atoms with E-state index in [1.54, 1.807) is 11.8 Å². The van der Waals surface area contributed by atoms with Crippen LogP contribution in [0, 0.1) is 6.92 Å². The number of hydrogen-bond acceptors (Lipinski definition) is 5. The van der Waals surface area contributed by atoms with E-state index in [9.17, 15) is 9.90 Å². The van der Waals surface area contributed by atoms with Crippen molar-refractivity contribution < 1.29 is 9.90 Å². The lowest BCUT2D eigenvalue weighted by Crippen LogP contribution is -2.40. The molecule has 98 valence electrons. The van der Waals surface area contributed by atoms with Gasteiger partial charge in [0.05, 0.1) is 5.69 Å². The topological polar surface area (TPSA) is 78.4 Å². The maximum absolute atomic E-state index is 12.4. The molecule has 0 radical (unpaired) electrons. The number of amides is 1. The molecule has 1 aliphatic heterocycles. The van der Waals surface area contributed by atoms with Gasteiger partial charge in [0, 0.05) is 19.1 Å². The fraction of sp³-hybridized carbons (Fsp3) is 0.583. The van der Waals surface area contributed by atoms with E-state index in [2.05, 4.69) is 15.3 Å². The molecule has 1 fully saturated rings. The summed E-state index contributed by atoms with van der Waals surface area (Å²) in [4.78, 5) is 21.9. The van der Waals surface area contributed by atoms with Crippen LogP contribution in [0.25, 0.3) is 0 Å². The number of carbonyl (C=O) groups excluding carboxylic acids is 1. The lowest BCUT2D eigenvalue weighted by molar-refractivity contribution is 0.0694. The van der Waals surface area contributed by atoms with Gasteiger partial charge in [-0.3, -0.25) is 4.79 Å². The lowest BCUT2D eigenvalue weighted by atomic mass is 10.2. The van der Waals surface area contributed by atoms with Gasteiger partial charge < -0.3 is 15.3 Å². The third-order valence-electron chi connectivity index (χ3n) is 3.27. The zero-order chi connectivity index (χ0) is 13.1. The van der Waals surface area contributed by atoms with Crippen LogP contribution in [0.2, 0.25) is 0 Å². The molecule has 6 nitrogen and oxygen atoms in total. The second-order valence-electron chi connectivity index (χ2n) is 4.54. The Kier molecular flexibility index (Phi) is 3.76. The van der Waals surface area contributed by atoms with E-state index in [1.807, 2.05) is 6.92 Å². The highest BCUT2D eigenvalue weighted by atomic mass is 16.3. The van der Waals surface area contributed by atoms with Gasteiger partial charge in [-0.05, 0) is 26.8 Å². The van der Waals surface area contributed by atoms with Gasteiger partial charge in [0.2, 0.25) is 0 Å². The van der Waals surface area contributed by atoms with E-state index in [4.69, 9.17) is 0 Å². The molecule has 1 aromatic rings. The van der Waals surface area contributed by atoms with Crippen molar-refractivity contribution in [3.8, 4) is 5.75 Å². The number of hydrogen-bond donors (Lipinski definition) is 2. The molecule has 0 aromatic carbocycles. The fourth-order valence-electron chi connectivity index (χ4n) is 2.07. The molecule has 2 N–H and O–H groups in total. The maximum Gasteiger partial charge on any atom is 0.276 e. The van der Waals surface area contributed by atoms with E-state index in [1.165, 1.54) is 6.33 Å². The van der Waals surface area contributed by atoms with Gasteiger partial charge in [-0.1, -0.05) is 0 Å². The van der Waals surface area contributed by atoms with Crippen molar-refractivity contribution in [2.45, 2.75) is 26.3 Å². The molecule has 1 unspecified atom stereocenters. The molecule has 2 heterocycles. The molecule has 18 heavy (non-hydrogen) atoms. The van der Waals surface area contributed by atoms with Gasteiger partial charge in [-0.25, -0.2) is 9.97 Å². The van der Waals surface area contributed by atoms with Gasteiger partial charge in [0.25, 0.3) is 5.91 Å². The Morgan fingerprint density at radius 1 is 1.50 bits per heavy atom. The van der Waals surface area contributed by atoms with Gasteiger partial charge in [0.1, 0.15) is 6.33 Å². The number of aryl methyl sites for hydroxylation is 1. The van der Waals surface area contributed by atoms with Crippen LogP contribution in [0.1, 0.15) is 29.5 Å². The molecule has 1 atom stereocenters. The fourth-order valence-corrected chi connectivity index (χ4v) is 2.07. The quantitative estimate of drug-likeness (QED) is 0.750. The van der Waals surface area contributed by atoms with Crippen LogP contribution in [-0.2, 0) is 0 Å². The summed E-state index contributed by atoms with van der Waals surface area (Å²) in [5.41, 5.74) is 0.519. The molecule has 0 spiro atoms. The number of nitrogens with one attached hydrogen (secondary N) is 1. The van der Waals surface area contributed by atoms with Crippen LogP contribution in [0.3, 0.4) is 0 Å². The van der Waals surface area contributed by atoms with Crippen molar-refractivity contribution >= 4 is 5.91 Å². The van der Waals surface area contributed by atoms with Crippen molar-refractivity contribution in [2.75, 3.05) is 19.6 Å². The second kappa shape index (κ2) is 5.30. The number of aromatic hydroxyl groups is 1. The third kappa shape index (κ3) is 2.43. The van der Waals surface area contributed by atoms with E-state index in [-0.39, 0.29) is 23.4 Å². The number of carbonyl (C=O) groups is 1. The third-order valence-corrected chi connectivity index (χ3v) is 3.27. The van der Waals surface area contributed by atoms with Crippen molar-refractivity contribution in [1.82, 2.24) is 20.2 Å². The number of nitrogens with zero attached hydrogens (tertiary/aromatic N) is 3. The average molecular weight is 250 g/mol. The molecule has 0 bridgehead atoms. The number of aromatic nitrogens is 2. The van der Waals surface area contributed by atoms with E-state index in [0.717, 1.165) is 19.5 Å². The molecule has 0 aliphatic carbocycles. The first-order valence-electron chi connectivity index (χ1n) is 6.13. The zero-order valence-electron chi connectivity index (χ0n) is 10.7. The summed E-state index contributed by atoms with van der Waals surface area (Å²) in [7, 11) is 0. The van der Waals surface area contributed by atoms with Crippen molar-refractivity contribution in [1.29, 1.82) is 0 Å². The van der Waals surface area contributed by atoms with E-state index >= 15 is 0 Å². The largest absolute Gasteiger partial charge is 0.504 e. The summed E-state index contributed by atoms with van der Waals surface area (Å²) in [5, 5.41) is 13.1. The molecule has 1 amide bonds. The summed E-state index contributed by atoms with van der Waals surface area (Å²) >= 11 is 0. The monoisotopic (exact) mass is 250 g/mol. The minimum atomic E-state index is -0.228. The molecule has 6 heteroatoms. The predicted molar refractivity (Wildman–Crippen MR) is 66.4 cm³/mol. The van der Waals surface area contributed by atoms with Gasteiger partial charge in [-0.15, -0.1) is 0 Å². The molecule has 0 saturated carbocycles. The summed E-state index contributed by atoms with van der Waals surface area (Å²) in [6, 6.07) is 0.141. The van der Waals surface area contributed by atoms with Crippen molar-refractivity contribution in [2.24, 2.45) is 0 Å². The maximum atomic E-state index is 12.4. The Morgan fingerprint density at radius 3 is 3.06 bits per heavy atom. The summed E-state index contributed by atoms with van der Waals surface area (Å²) in [5.74, 6) is -0.346. The second-order valence-corrected chi connectivity index (χ2v) is 4.54. The molecular weight excluding hydrogens is 232 g/mol. The van der Waals surface area contributed by atoms with E-state index in [0.29, 0.717) is 12.2 Å². The van der Waals surface area contributed by atoms with Gasteiger partial charge in [0.15, 0.2) is 11.4 Å². The van der Waals surface area contributed by atoms with Crippen LogP contribution in [0.5, 0.6) is 5.75 Å². The first-order chi connectivity index (χ1) is 8.61. The van der Waals surface area contributed by atoms with Gasteiger partial charge >= 0.3 is 0 Å². The SMILES string of the molecule is Cc1ncnc(C(=O)N2CCNCCC2C)c1O. The molecule has 1 saturated heterocycles. The minimum absolute atomic E-state index is 0.0938. The zero-order valence-corrected chi connectivity index (χ0v) is 10.7. The van der Waals surface area contributed by atoms with Crippen LogP contribution >= 0.6 is 0 Å². The summed E-state index contributed by atoms with van der Waals surface area (Å²) in [6.45, 7) is 5.96. The van der Waals surface area contributed by atoms with Crippen LogP contribution in [0.4, 0.5) is 0 Å². The number of rotatable bonds is 1. The van der Waals surface area contributed by atoms with Crippen LogP contribution in [0.15, 0.2) is 6.33 Å². The standard InChI is InChI=1S/C12H18N4O2/c1-8-3-4-13-5-6-16(8)12(18)10-11(17)9(2)14-7-15-10/h7-8,13,17H,3-6H2,1-2H3. The van der Waals surface area contributed by atoms with Crippen molar-refractivity contribution in [3.63, 3.8) is 0 Å². The normalized spacial score (nSPS) is 20.6. The Balaban J connectivity index is 2.26. The Labute approximate surface area is 106 Å². The smallest absolute Gasteiger partial charge is 0.276 e. The highest BCUT2D eigenvalue weighted by molar-refractivity contribution is 5.95. The molecule has 1 aliphatic rings. The minimum Gasteiger partial charge on any atom is -0.504 e. The lowest BCUT2D eigenvalue weighted by Gasteiger charge is -2.26. The highest BCUT2D eigenvalue weighted by Gasteiger charge is 2.26. The molecule has 1 aromatic heterocycles. The van der Waals surface area contributed by atoms with E-state index < -0.39 is 0 Å². The van der Waals surface area contributed by atoms with Crippen LogP contribution in [-0.4, -0.2) is 51.6 Å². The van der Waals surface area contributed by atoms with Gasteiger partial charge in [-0.2, -0.15) is 0 Å². The Hall–Kier alpha value is -1.69.